The molecule has 0 bridgehead atoms. The van der Waals surface area contributed by atoms with Gasteiger partial charge in [-0.15, -0.1) is 0 Å². The van der Waals surface area contributed by atoms with Crippen molar-refractivity contribution in [2.75, 3.05) is 44.3 Å². The number of anilines is 1. The summed E-state index contributed by atoms with van der Waals surface area (Å²) in [5.41, 5.74) is 0.836. The maximum atomic E-state index is 14.3. The van der Waals surface area contributed by atoms with Gasteiger partial charge in [0, 0.05) is 26.2 Å². The van der Waals surface area contributed by atoms with Crippen molar-refractivity contribution in [3.05, 3.63) is 29.3 Å². The van der Waals surface area contributed by atoms with Crippen LogP contribution in [0, 0.1) is 11.6 Å². The molecular formula is C16H22F2N2O. The zero-order valence-corrected chi connectivity index (χ0v) is 12.6. The Morgan fingerprint density at radius 3 is 2.05 bits per heavy atom. The van der Waals surface area contributed by atoms with E-state index in [0.717, 1.165) is 26.3 Å². The smallest absolute Gasteiger partial charge is 0.149 e. The van der Waals surface area contributed by atoms with Gasteiger partial charge in [0.2, 0.25) is 0 Å². The van der Waals surface area contributed by atoms with Crippen LogP contribution >= 0.6 is 0 Å². The molecule has 0 aromatic heterocycles. The molecule has 5 heteroatoms. The lowest BCUT2D eigenvalue weighted by Crippen LogP contribution is -2.56. The van der Waals surface area contributed by atoms with Crippen molar-refractivity contribution in [1.82, 2.24) is 4.90 Å². The monoisotopic (exact) mass is 296 g/mol. The minimum Gasteiger partial charge on any atom is -0.378 e. The van der Waals surface area contributed by atoms with Crippen molar-refractivity contribution in [2.24, 2.45) is 0 Å². The first-order valence-corrected chi connectivity index (χ1v) is 7.62. The highest BCUT2D eigenvalue weighted by atomic mass is 19.1. The first kappa shape index (κ1) is 14.7. The van der Waals surface area contributed by atoms with Crippen LogP contribution in [-0.2, 0) is 4.74 Å². The molecule has 3 rings (SSSR count). The van der Waals surface area contributed by atoms with Gasteiger partial charge in [-0.2, -0.15) is 0 Å². The van der Waals surface area contributed by atoms with Gasteiger partial charge in [0.1, 0.15) is 17.3 Å². The molecule has 2 saturated heterocycles. The van der Waals surface area contributed by atoms with Crippen LogP contribution < -0.4 is 4.90 Å². The first-order chi connectivity index (χ1) is 10.1. The van der Waals surface area contributed by atoms with Crippen molar-refractivity contribution in [3.8, 4) is 0 Å². The Bertz CT molecular complexity index is 486. The summed E-state index contributed by atoms with van der Waals surface area (Å²) in [5, 5.41) is 0. The van der Waals surface area contributed by atoms with Crippen molar-refractivity contribution >= 4 is 5.69 Å². The topological polar surface area (TPSA) is 15.7 Å². The Hall–Kier alpha value is -1.20. The van der Waals surface area contributed by atoms with Crippen LogP contribution in [-0.4, -0.2) is 50.3 Å². The highest BCUT2D eigenvalue weighted by Crippen LogP contribution is 2.29. The second-order valence-corrected chi connectivity index (χ2v) is 6.20. The van der Waals surface area contributed by atoms with Crippen LogP contribution in [0.15, 0.2) is 12.1 Å². The van der Waals surface area contributed by atoms with Crippen molar-refractivity contribution in [1.29, 1.82) is 0 Å². The zero-order chi connectivity index (χ0) is 15.0. The summed E-state index contributed by atoms with van der Waals surface area (Å²) in [6.07, 6.45) is 0. The predicted octanol–water partition coefficient (Wildman–Crippen LogP) is 2.61. The molecule has 0 saturated carbocycles. The largest absolute Gasteiger partial charge is 0.378 e. The summed E-state index contributed by atoms with van der Waals surface area (Å²) in [6, 6.07) is 3.43. The molecule has 0 N–H and O–H groups in total. The maximum absolute atomic E-state index is 14.3. The van der Waals surface area contributed by atoms with Crippen LogP contribution in [0.25, 0.3) is 0 Å². The van der Waals surface area contributed by atoms with E-state index in [1.807, 2.05) is 18.7 Å². The molecule has 2 heterocycles. The average Bonchev–Trinajstić information content (AvgIpc) is 2.37. The Morgan fingerprint density at radius 2 is 1.62 bits per heavy atom. The first-order valence-electron chi connectivity index (χ1n) is 7.62. The van der Waals surface area contributed by atoms with E-state index in [1.165, 1.54) is 12.1 Å². The predicted molar refractivity (Wildman–Crippen MR) is 78.8 cm³/mol. The third kappa shape index (κ3) is 2.90. The van der Waals surface area contributed by atoms with Crippen molar-refractivity contribution in [3.63, 3.8) is 0 Å². The Labute approximate surface area is 124 Å². The third-order valence-corrected chi connectivity index (χ3v) is 4.47. The lowest BCUT2D eigenvalue weighted by atomic mass is 10.0. The van der Waals surface area contributed by atoms with E-state index < -0.39 is 11.6 Å². The van der Waals surface area contributed by atoms with Crippen LogP contribution in [0.1, 0.15) is 25.3 Å². The Kier molecular flexibility index (Phi) is 4.13. The van der Waals surface area contributed by atoms with Gasteiger partial charge in [-0.3, -0.25) is 4.90 Å². The van der Waals surface area contributed by atoms with Gasteiger partial charge >= 0.3 is 0 Å². The molecule has 0 atom stereocenters. The lowest BCUT2D eigenvalue weighted by molar-refractivity contribution is -0.0661. The van der Waals surface area contributed by atoms with Crippen molar-refractivity contribution < 1.29 is 13.5 Å². The van der Waals surface area contributed by atoms with Gasteiger partial charge in [-0.25, -0.2) is 8.78 Å². The van der Waals surface area contributed by atoms with E-state index in [0.29, 0.717) is 24.7 Å². The number of halogens is 2. The number of ether oxygens (including phenoxy) is 1. The number of hydrogen-bond donors (Lipinski definition) is 0. The van der Waals surface area contributed by atoms with Gasteiger partial charge in [0.15, 0.2) is 0 Å². The van der Waals surface area contributed by atoms with E-state index in [-0.39, 0.29) is 11.6 Å². The number of rotatable bonds is 3. The summed E-state index contributed by atoms with van der Waals surface area (Å²) < 4.78 is 33.7. The van der Waals surface area contributed by atoms with Crippen molar-refractivity contribution in [2.45, 2.75) is 25.8 Å². The van der Waals surface area contributed by atoms with Crippen LogP contribution in [0.3, 0.4) is 0 Å². The molecule has 2 aliphatic rings. The number of piperazine rings is 1. The SMILES string of the molecule is CC(C)c1cc(F)c(N2CCN(C3COC3)CC2)c(F)c1. The van der Waals surface area contributed by atoms with Crippen LogP contribution in [0.4, 0.5) is 14.5 Å². The minimum absolute atomic E-state index is 0.124. The summed E-state index contributed by atoms with van der Waals surface area (Å²) in [5.74, 6) is -0.767. The van der Waals surface area contributed by atoms with Gasteiger partial charge in [0.05, 0.1) is 19.3 Å². The van der Waals surface area contributed by atoms with E-state index in [2.05, 4.69) is 4.90 Å². The van der Waals surface area contributed by atoms with Crippen LogP contribution in [0.2, 0.25) is 0 Å². The van der Waals surface area contributed by atoms with E-state index in [9.17, 15) is 8.78 Å². The van der Waals surface area contributed by atoms with E-state index in [1.54, 1.807) is 0 Å². The summed E-state index contributed by atoms with van der Waals surface area (Å²) >= 11 is 0. The summed E-state index contributed by atoms with van der Waals surface area (Å²) in [4.78, 5) is 4.17. The number of benzene rings is 1. The molecule has 0 spiro atoms. The zero-order valence-electron chi connectivity index (χ0n) is 12.6. The number of nitrogens with zero attached hydrogens (tertiary/aromatic N) is 2. The molecule has 0 radical (unpaired) electrons. The molecule has 116 valence electrons. The standard InChI is InChI=1S/C16H22F2N2O/c1-11(2)12-7-14(17)16(15(18)8-12)20-5-3-19(4-6-20)13-9-21-10-13/h7-8,11,13H,3-6,9-10H2,1-2H3. The van der Waals surface area contributed by atoms with Gasteiger partial charge in [0.25, 0.3) is 0 Å². The average molecular weight is 296 g/mol. The molecule has 0 amide bonds. The fraction of sp³-hybridized carbons (Fsp3) is 0.625. The molecule has 2 fully saturated rings. The molecule has 21 heavy (non-hydrogen) atoms. The molecular weight excluding hydrogens is 274 g/mol. The van der Waals surface area contributed by atoms with E-state index in [4.69, 9.17) is 4.74 Å². The quantitative estimate of drug-likeness (QED) is 0.853. The third-order valence-electron chi connectivity index (χ3n) is 4.47. The van der Waals surface area contributed by atoms with Gasteiger partial charge in [-0.05, 0) is 23.6 Å². The van der Waals surface area contributed by atoms with Gasteiger partial charge in [-0.1, -0.05) is 13.8 Å². The highest BCUT2D eigenvalue weighted by molar-refractivity contribution is 5.51. The molecule has 3 nitrogen and oxygen atoms in total. The molecule has 1 aromatic rings. The molecule has 0 aliphatic carbocycles. The normalized spacial score (nSPS) is 20.9. The number of hydrogen-bond acceptors (Lipinski definition) is 3. The highest BCUT2D eigenvalue weighted by Gasteiger charge is 2.30. The van der Waals surface area contributed by atoms with Crippen LogP contribution in [0.5, 0.6) is 0 Å². The molecule has 1 aromatic carbocycles. The fourth-order valence-electron chi connectivity index (χ4n) is 2.97. The maximum Gasteiger partial charge on any atom is 0.149 e. The Morgan fingerprint density at radius 1 is 1.05 bits per heavy atom. The summed E-state index contributed by atoms with van der Waals surface area (Å²) in [6.45, 7) is 8.42. The second-order valence-electron chi connectivity index (χ2n) is 6.20. The molecule has 2 aliphatic heterocycles. The van der Waals surface area contributed by atoms with E-state index >= 15 is 0 Å². The van der Waals surface area contributed by atoms with Gasteiger partial charge < -0.3 is 9.64 Å². The molecule has 0 unspecified atom stereocenters. The Balaban J connectivity index is 1.72. The summed E-state index contributed by atoms with van der Waals surface area (Å²) in [7, 11) is 0. The minimum atomic E-state index is -0.445. The lowest BCUT2D eigenvalue weighted by Gasteiger charge is -2.43. The second kappa shape index (κ2) is 5.89. The fourth-order valence-corrected chi connectivity index (χ4v) is 2.97.